The van der Waals surface area contributed by atoms with Crippen molar-refractivity contribution in [2.45, 2.75) is 38.9 Å². The molecule has 0 spiro atoms. The summed E-state index contributed by atoms with van der Waals surface area (Å²) in [4.78, 5) is 5.28. The minimum atomic E-state index is -1.01. The minimum absolute atomic E-state index is 0.275. The van der Waals surface area contributed by atoms with Gasteiger partial charge in [-0.2, -0.15) is 0 Å². The highest BCUT2D eigenvalue weighted by molar-refractivity contribution is 6.47. The van der Waals surface area contributed by atoms with Crippen LogP contribution < -0.4 is 5.46 Å². The predicted molar refractivity (Wildman–Crippen MR) is 182 cm³/mol. The fraction of sp³-hybridized carbons (Fsp3) is 0.154. The van der Waals surface area contributed by atoms with Gasteiger partial charge in [-0.3, -0.25) is 0 Å². The molecule has 0 atom stereocenters. The second-order valence-corrected chi connectivity index (χ2v) is 12.5. The van der Waals surface area contributed by atoms with Crippen LogP contribution in [0.25, 0.3) is 65.6 Å². The first kappa shape index (κ1) is 28.2. The van der Waals surface area contributed by atoms with Crippen LogP contribution in [0, 0.1) is 5.82 Å². The highest BCUT2D eigenvalue weighted by Crippen LogP contribution is 2.43. The van der Waals surface area contributed by atoms with E-state index in [4.69, 9.17) is 9.64 Å². The molecule has 5 heteroatoms. The van der Waals surface area contributed by atoms with Crippen LogP contribution in [0.2, 0.25) is 0 Å². The Kier molecular flexibility index (Phi) is 6.76. The lowest BCUT2D eigenvalue weighted by atomic mass is 9.81. The van der Waals surface area contributed by atoms with E-state index >= 15 is 0 Å². The van der Waals surface area contributed by atoms with Crippen LogP contribution in [0.15, 0.2) is 115 Å². The maximum atomic E-state index is 14.0. The van der Waals surface area contributed by atoms with Gasteiger partial charge in [0, 0.05) is 21.7 Å². The van der Waals surface area contributed by atoms with Crippen molar-refractivity contribution in [2.24, 2.45) is 0 Å². The number of halogens is 1. The summed E-state index contributed by atoms with van der Waals surface area (Å²) in [6, 6.07) is 38.2. The Balaban J connectivity index is 1.45. The Morgan fingerprint density at radius 3 is 1.86 bits per heavy atom. The van der Waals surface area contributed by atoms with Gasteiger partial charge in [0.2, 0.25) is 0 Å². The first-order chi connectivity index (χ1) is 21.1. The van der Waals surface area contributed by atoms with Crippen LogP contribution in [0.1, 0.15) is 27.7 Å². The molecule has 0 saturated heterocycles. The first-order valence-corrected chi connectivity index (χ1v) is 14.9. The molecule has 6 aromatic carbocycles. The van der Waals surface area contributed by atoms with E-state index in [0.29, 0.717) is 0 Å². The number of benzene rings is 6. The van der Waals surface area contributed by atoms with Crippen LogP contribution in [-0.2, 0) is 4.65 Å². The Hall–Kier alpha value is -4.58. The number of fused-ring (bicyclic) bond motifs is 8. The average Bonchev–Trinajstić information content (AvgIpc) is 3.03. The van der Waals surface area contributed by atoms with Crippen molar-refractivity contribution in [1.29, 1.82) is 0 Å². The minimum Gasteiger partial charge on any atom is -0.427 e. The van der Waals surface area contributed by atoms with E-state index in [1.807, 2.05) is 38.1 Å². The van der Waals surface area contributed by atoms with Crippen molar-refractivity contribution in [3.63, 3.8) is 0 Å². The van der Waals surface area contributed by atoms with Crippen LogP contribution in [0.5, 0.6) is 0 Å². The molecule has 0 aliphatic heterocycles. The third kappa shape index (κ3) is 4.83. The molecule has 1 aromatic heterocycles. The van der Waals surface area contributed by atoms with Gasteiger partial charge < -0.3 is 9.76 Å². The molecule has 1 radical (unpaired) electrons. The van der Waals surface area contributed by atoms with Gasteiger partial charge in [-0.05, 0) is 90.7 Å². The Bertz CT molecular complexity index is 2200. The van der Waals surface area contributed by atoms with E-state index < -0.39 is 11.2 Å². The van der Waals surface area contributed by atoms with Gasteiger partial charge in [0.1, 0.15) is 5.82 Å². The van der Waals surface area contributed by atoms with Crippen molar-refractivity contribution in [3.05, 3.63) is 121 Å². The highest BCUT2D eigenvalue weighted by Gasteiger charge is 2.35. The molecule has 0 fully saturated rings. The van der Waals surface area contributed by atoms with E-state index in [9.17, 15) is 9.50 Å². The lowest BCUT2D eigenvalue weighted by Gasteiger charge is -2.37. The fourth-order valence-electron chi connectivity index (χ4n) is 5.83. The van der Waals surface area contributed by atoms with Crippen LogP contribution in [0.3, 0.4) is 0 Å². The van der Waals surface area contributed by atoms with Crippen molar-refractivity contribution >= 4 is 56.2 Å². The zero-order chi connectivity index (χ0) is 30.6. The SMILES string of the molecule is CC(C)(O)C(C)(C)O[B]c1cccc(-c2ccc3c(c2)nc(-c2ccc(F)cc2)c2c4ccccc4c4ccccc4c32)c1. The summed E-state index contributed by atoms with van der Waals surface area (Å²) in [5, 5.41) is 18.4. The summed E-state index contributed by atoms with van der Waals surface area (Å²) in [5.41, 5.74) is 3.74. The molecular formula is C39H32BFNO2. The zero-order valence-corrected chi connectivity index (χ0v) is 25.2. The van der Waals surface area contributed by atoms with Gasteiger partial charge >= 0.3 is 7.48 Å². The standard InChI is InChI=1S/C39H32BFNO2/c1-38(2,43)39(3,4)44-40-27-11-9-10-25(22-27)26-18-21-33-34(23-26)42-37(24-16-19-28(41)20-17-24)36-32-15-8-6-13-30(32)29-12-5-7-14-31(29)35(33)36/h5-23,43H,1-4H3. The quantitative estimate of drug-likeness (QED) is 0.159. The lowest BCUT2D eigenvalue weighted by Crippen LogP contribution is -2.49. The summed E-state index contributed by atoms with van der Waals surface area (Å²) in [6.45, 7) is 7.24. The summed E-state index contributed by atoms with van der Waals surface area (Å²) in [7, 11) is 1.71. The summed E-state index contributed by atoms with van der Waals surface area (Å²) < 4.78 is 20.1. The molecule has 1 N–H and O–H groups in total. The van der Waals surface area contributed by atoms with Crippen molar-refractivity contribution in [3.8, 4) is 22.4 Å². The molecule has 44 heavy (non-hydrogen) atoms. The lowest BCUT2D eigenvalue weighted by molar-refractivity contribution is -0.0893. The zero-order valence-electron chi connectivity index (χ0n) is 25.2. The number of hydrogen-bond acceptors (Lipinski definition) is 3. The van der Waals surface area contributed by atoms with Gasteiger partial charge in [-0.1, -0.05) is 90.4 Å². The Morgan fingerprint density at radius 1 is 0.614 bits per heavy atom. The van der Waals surface area contributed by atoms with Gasteiger partial charge in [0.05, 0.1) is 22.4 Å². The number of aliphatic hydroxyl groups is 1. The van der Waals surface area contributed by atoms with Crippen LogP contribution >= 0.6 is 0 Å². The largest absolute Gasteiger partial charge is 0.427 e. The van der Waals surface area contributed by atoms with Crippen molar-refractivity contribution in [1.82, 2.24) is 4.98 Å². The maximum absolute atomic E-state index is 14.0. The number of hydrogen-bond donors (Lipinski definition) is 1. The molecule has 7 aromatic rings. The molecule has 0 bridgehead atoms. The van der Waals surface area contributed by atoms with E-state index in [1.165, 1.54) is 22.9 Å². The molecular weight excluding hydrogens is 544 g/mol. The van der Waals surface area contributed by atoms with Gasteiger partial charge in [-0.25, -0.2) is 9.37 Å². The monoisotopic (exact) mass is 576 g/mol. The second kappa shape index (κ2) is 10.5. The average molecular weight is 577 g/mol. The van der Waals surface area contributed by atoms with E-state index in [-0.39, 0.29) is 5.82 Å². The number of rotatable bonds is 6. The Morgan fingerprint density at radius 2 is 1.20 bits per heavy atom. The first-order valence-electron chi connectivity index (χ1n) is 14.9. The number of nitrogens with zero attached hydrogens (tertiary/aromatic N) is 1. The summed E-state index contributed by atoms with van der Waals surface area (Å²) in [5.74, 6) is -0.275. The third-order valence-corrected chi connectivity index (χ3v) is 8.97. The summed E-state index contributed by atoms with van der Waals surface area (Å²) in [6.07, 6.45) is 0. The molecule has 0 unspecified atom stereocenters. The van der Waals surface area contributed by atoms with E-state index in [2.05, 4.69) is 78.9 Å². The topological polar surface area (TPSA) is 42.4 Å². The predicted octanol–water partition coefficient (Wildman–Crippen LogP) is 8.98. The highest BCUT2D eigenvalue weighted by atomic mass is 19.1. The smallest absolute Gasteiger partial charge is 0.330 e. The fourth-order valence-corrected chi connectivity index (χ4v) is 5.83. The van der Waals surface area contributed by atoms with Crippen molar-refractivity contribution < 1.29 is 14.2 Å². The maximum Gasteiger partial charge on any atom is 0.330 e. The normalized spacial score (nSPS) is 12.4. The number of pyridine rings is 1. The van der Waals surface area contributed by atoms with Gasteiger partial charge in [-0.15, -0.1) is 0 Å². The van der Waals surface area contributed by atoms with E-state index in [1.54, 1.807) is 21.3 Å². The molecule has 215 valence electrons. The summed E-state index contributed by atoms with van der Waals surface area (Å²) >= 11 is 0. The van der Waals surface area contributed by atoms with Crippen LogP contribution in [0.4, 0.5) is 4.39 Å². The Labute approximate surface area is 257 Å². The van der Waals surface area contributed by atoms with Crippen LogP contribution in [-0.4, -0.2) is 28.8 Å². The molecule has 3 nitrogen and oxygen atoms in total. The molecule has 0 aliphatic carbocycles. The molecule has 1 heterocycles. The molecule has 0 saturated carbocycles. The molecule has 0 amide bonds. The van der Waals surface area contributed by atoms with E-state index in [0.717, 1.165) is 60.3 Å². The molecule has 0 aliphatic rings. The molecule has 7 rings (SSSR count). The third-order valence-electron chi connectivity index (χ3n) is 8.97. The van der Waals surface area contributed by atoms with Gasteiger partial charge in [0.25, 0.3) is 0 Å². The van der Waals surface area contributed by atoms with Gasteiger partial charge in [0.15, 0.2) is 0 Å². The van der Waals surface area contributed by atoms with Crippen molar-refractivity contribution in [2.75, 3.05) is 0 Å². The second-order valence-electron chi connectivity index (χ2n) is 12.5. The number of aromatic nitrogens is 1.